The molecular weight excluding hydrogens is 467 g/mol. The van der Waals surface area contributed by atoms with Crippen LogP contribution in [-0.4, -0.2) is 44.1 Å². The fourth-order valence-corrected chi connectivity index (χ4v) is 5.14. The molecule has 1 N–H and O–H groups in total. The Morgan fingerprint density at radius 1 is 1.20 bits per heavy atom. The molecule has 0 spiro atoms. The zero-order valence-electron chi connectivity index (χ0n) is 19.2. The Morgan fingerprint density at radius 3 is 2.91 bits per heavy atom. The summed E-state index contributed by atoms with van der Waals surface area (Å²) >= 11 is 1.27. The maximum Gasteiger partial charge on any atom is 0.166 e. The quantitative estimate of drug-likeness (QED) is 0.344. The van der Waals surface area contributed by atoms with Crippen molar-refractivity contribution in [3.05, 3.63) is 54.3 Å². The Morgan fingerprint density at radius 2 is 2.11 bits per heavy atom. The molecular formula is C25H23FN6O2S. The van der Waals surface area contributed by atoms with Crippen molar-refractivity contribution in [3.8, 4) is 16.9 Å². The number of nitrogens with zero attached hydrogens (tertiary/aromatic N) is 5. The van der Waals surface area contributed by atoms with Gasteiger partial charge in [-0.25, -0.2) is 19.3 Å². The number of rotatable bonds is 6. The summed E-state index contributed by atoms with van der Waals surface area (Å²) in [7, 11) is 1.88. The molecule has 5 aromatic rings. The molecule has 4 heterocycles. The molecule has 2 atom stereocenters. The van der Waals surface area contributed by atoms with Crippen LogP contribution in [0.2, 0.25) is 0 Å². The maximum atomic E-state index is 15.2. The second-order valence-corrected chi connectivity index (χ2v) is 9.55. The summed E-state index contributed by atoms with van der Waals surface area (Å²) in [6.07, 6.45) is 6.09. The van der Waals surface area contributed by atoms with Crippen molar-refractivity contribution in [1.29, 1.82) is 0 Å². The number of aromatic nitrogens is 5. The van der Waals surface area contributed by atoms with Gasteiger partial charge in [0.2, 0.25) is 0 Å². The Bertz CT molecular complexity index is 1530. The van der Waals surface area contributed by atoms with Gasteiger partial charge in [-0.15, -0.1) is 11.3 Å². The number of anilines is 2. The summed E-state index contributed by atoms with van der Waals surface area (Å²) in [5.74, 6) is 1.03. The van der Waals surface area contributed by atoms with Gasteiger partial charge in [0.15, 0.2) is 5.82 Å². The zero-order chi connectivity index (χ0) is 23.9. The molecule has 6 rings (SSSR count). The van der Waals surface area contributed by atoms with Crippen molar-refractivity contribution in [1.82, 2.24) is 24.7 Å². The van der Waals surface area contributed by atoms with Crippen molar-refractivity contribution in [2.24, 2.45) is 13.0 Å². The first-order valence-electron chi connectivity index (χ1n) is 11.4. The van der Waals surface area contributed by atoms with Crippen LogP contribution >= 0.6 is 11.3 Å². The van der Waals surface area contributed by atoms with E-state index < -0.39 is 0 Å². The first kappa shape index (κ1) is 21.9. The van der Waals surface area contributed by atoms with Gasteiger partial charge in [0.25, 0.3) is 0 Å². The molecule has 3 aromatic heterocycles. The minimum absolute atomic E-state index is 0.0804. The number of benzene rings is 2. The predicted octanol–water partition coefficient (Wildman–Crippen LogP) is 5.33. The third kappa shape index (κ3) is 4.08. The van der Waals surface area contributed by atoms with Crippen LogP contribution in [0.15, 0.2) is 48.5 Å². The molecule has 2 aromatic carbocycles. The van der Waals surface area contributed by atoms with E-state index in [-0.39, 0.29) is 11.9 Å². The Labute approximate surface area is 204 Å². The van der Waals surface area contributed by atoms with Gasteiger partial charge in [0, 0.05) is 31.3 Å². The van der Waals surface area contributed by atoms with Gasteiger partial charge in [0.1, 0.15) is 24.0 Å². The molecule has 178 valence electrons. The number of hydrogen-bond acceptors (Lipinski definition) is 8. The summed E-state index contributed by atoms with van der Waals surface area (Å²) in [5, 5.41) is 8.16. The molecule has 0 amide bonds. The number of hydrogen-bond donors (Lipinski definition) is 1. The summed E-state index contributed by atoms with van der Waals surface area (Å²) in [6.45, 7) is 3.46. The van der Waals surface area contributed by atoms with Crippen LogP contribution in [-0.2, 0) is 11.8 Å². The number of thiazole rings is 1. The number of aryl methyl sites for hydroxylation is 1. The average Bonchev–Trinajstić information content (AvgIpc) is 3.63. The fraction of sp³-hybridized carbons (Fsp3) is 0.280. The SMILES string of the molecule is CC(Oc1cc(-c2cnn(C)c2)cc2ncnc(Nc3ccc4ncsc4c3F)c12)[C@@H]1CCOC1. The molecule has 1 aliphatic rings. The second kappa shape index (κ2) is 8.86. The summed E-state index contributed by atoms with van der Waals surface area (Å²) in [5.41, 5.74) is 5.15. The molecule has 0 radical (unpaired) electrons. The number of ether oxygens (including phenoxy) is 2. The number of halogens is 1. The third-order valence-electron chi connectivity index (χ3n) is 6.37. The van der Waals surface area contributed by atoms with Crippen molar-refractivity contribution in [2.75, 3.05) is 18.5 Å². The van der Waals surface area contributed by atoms with E-state index in [9.17, 15) is 0 Å². The third-order valence-corrected chi connectivity index (χ3v) is 7.21. The highest BCUT2D eigenvalue weighted by molar-refractivity contribution is 7.16. The minimum Gasteiger partial charge on any atom is -0.489 e. The van der Waals surface area contributed by atoms with Gasteiger partial charge in [-0.05, 0) is 43.2 Å². The molecule has 10 heteroatoms. The highest BCUT2D eigenvalue weighted by Crippen LogP contribution is 2.38. The van der Waals surface area contributed by atoms with Crippen LogP contribution in [0.3, 0.4) is 0 Å². The van der Waals surface area contributed by atoms with Crippen molar-refractivity contribution >= 4 is 44.0 Å². The lowest BCUT2D eigenvalue weighted by Crippen LogP contribution is -2.24. The highest BCUT2D eigenvalue weighted by atomic mass is 32.1. The molecule has 0 aliphatic carbocycles. The van der Waals surface area contributed by atoms with Crippen LogP contribution < -0.4 is 10.1 Å². The zero-order valence-corrected chi connectivity index (χ0v) is 20.1. The largest absolute Gasteiger partial charge is 0.489 e. The standard InChI is InChI=1S/C25H23FN6O2S/c1-14(15-5-6-33-11-15)34-21-8-16(17-9-30-32(2)10-17)7-20-22(21)25(28-12-27-20)31-18-3-4-19-24(23(18)26)35-13-29-19/h3-4,7-10,12-15H,5-6,11H2,1-2H3,(H,27,28,31)/t14?,15-/m1/s1. The topological polar surface area (TPSA) is 87.0 Å². The van der Waals surface area contributed by atoms with Gasteiger partial charge in [-0.1, -0.05) is 0 Å². The van der Waals surface area contributed by atoms with E-state index in [0.29, 0.717) is 50.9 Å². The van der Waals surface area contributed by atoms with E-state index in [1.807, 2.05) is 25.4 Å². The van der Waals surface area contributed by atoms with Crippen molar-refractivity contribution in [3.63, 3.8) is 0 Å². The molecule has 1 fully saturated rings. The average molecular weight is 491 g/mol. The van der Waals surface area contributed by atoms with E-state index >= 15 is 4.39 Å². The van der Waals surface area contributed by atoms with Crippen LogP contribution in [0.5, 0.6) is 5.75 Å². The lowest BCUT2D eigenvalue weighted by molar-refractivity contribution is 0.124. The maximum absolute atomic E-state index is 15.2. The molecule has 1 aliphatic heterocycles. The van der Waals surface area contributed by atoms with Crippen LogP contribution in [0.4, 0.5) is 15.9 Å². The molecule has 35 heavy (non-hydrogen) atoms. The van der Waals surface area contributed by atoms with Crippen LogP contribution in [0, 0.1) is 11.7 Å². The van der Waals surface area contributed by atoms with E-state index in [2.05, 4.69) is 32.3 Å². The molecule has 0 saturated carbocycles. The first-order chi connectivity index (χ1) is 17.1. The van der Waals surface area contributed by atoms with Gasteiger partial charge in [-0.2, -0.15) is 5.10 Å². The Kier molecular flexibility index (Phi) is 5.54. The predicted molar refractivity (Wildman–Crippen MR) is 134 cm³/mol. The Hall–Kier alpha value is -3.63. The van der Waals surface area contributed by atoms with E-state index in [1.54, 1.807) is 28.5 Å². The lowest BCUT2D eigenvalue weighted by atomic mass is 10.0. The lowest BCUT2D eigenvalue weighted by Gasteiger charge is -2.22. The fourth-order valence-electron chi connectivity index (χ4n) is 4.42. The van der Waals surface area contributed by atoms with Gasteiger partial charge < -0.3 is 14.8 Å². The normalized spacial score (nSPS) is 16.7. The van der Waals surface area contributed by atoms with E-state index in [4.69, 9.17) is 9.47 Å². The van der Waals surface area contributed by atoms with E-state index in [1.165, 1.54) is 17.7 Å². The van der Waals surface area contributed by atoms with Crippen molar-refractivity contribution in [2.45, 2.75) is 19.4 Å². The van der Waals surface area contributed by atoms with Crippen LogP contribution in [0.25, 0.3) is 32.2 Å². The molecule has 1 saturated heterocycles. The summed E-state index contributed by atoms with van der Waals surface area (Å²) in [4.78, 5) is 13.2. The second-order valence-electron chi connectivity index (χ2n) is 8.69. The molecule has 0 bridgehead atoms. The van der Waals surface area contributed by atoms with Gasteiger partial charge in [0.05, 0.1) is 45.1 Å². The molecule has 1 unspecified atom stereocenters. The first-order valence-corrected chi connectivity index (χ1v) is 12.3. The Balaban J connectivity index is 1.47. The van der Waals surface area contributed by atoms with Crippen molar-refractivity contribution < 1.29 is 13.9 Å². The number of nitrogens with one attached hydrogen (secondary N) is 1. The summed E-state index contributed by atoms with van der Waals surface area (Å²) < 4.78 is 29.5. The highest BCUT2D eigenvalue weighted by Gasteiger charge is 2.25. The molecule has 8 nitrogen and oxygen atoms in total. The van der Waals surface area contributed by atoms with Crippen LogP contribution in [0.1, 0.15) is 13.3 Å². The minimum atomic E-state index is -0.359. The smallest absolute Gasteiger partial charge is 0.166 e. The summed E-state index contributed by atoms with van der Waals surface area (Å²) in [6, 6.07) is 7.41. The van der Waals surface area contributed by atoms with E-state index in [0.717, 1.165) is 24.2 Å². The monoisotopic (exact) mass is 490 g/mol. The number of fused-ring (bicyclic) bond motifs is 2. The van der Waals surface area contributed by atoms with Gasteiger partial charge >= 0.3 is 0 Å². The van der Waals surface area contributed by atoms with Gasteiger partial charge in [-0.3, -0.25) is 4.68 Å².